The van der Waals surface area contributed by atoms with E-state index in [-0.39, 0.29) is 11.8 Å². The van der Waals surface area contributed by atoms with Gasteiger partial charge in [-0.15, -0.1) is 0 Å². The number of carbonyl (C=O) groups excluding carboxylic acids is 2. The van der Waals surface area contributed by atoms with Gasteiger partial charge < -0.3 is 10.2 Å². The summed E-state index contributed by atoms with van der Waals surface area (Å²) in [7, 11) is 1.75. The molecule has 0 spiro atoms. The highest BCUT2D eigenvalue weighted by atomic mass is 16.2. The molecule has 0 aliphatic heterocycles. The van der Waals surface area contributed by atoms with Crippen LogP contribution in [0.25, 0.3) is 11.1 Å². The summed E-state index contributed by atoms with van der Waals surface area (Å²) < 4.78 is 0. The van der Waals surface area contributed by atoms with E-state index in [0.717, 1.165) is 27.9 Å². The van der Waals surface area contributed by atoms with Gasteiger partial charge in [0, 0.05) is 12.7 Å². The number of hydrogen-bond acceptors (Lipinski definition) is 2. The fourth-order valence-corrected chi connectivity index (χ4v) is 4.02. The van der Waals surface area contributed by atoms with E-state index < -0.39 is 0 Å². The molecule has 4 heteroatoms. The van der Waals surface area contributed by atoms with Crippen molar-refractivity contribution in [2.45, 2.75) is 13.8 Å². The van der Waals surface area contributed by atoms with Crippen LogP contribution in [0, 0.1) is 13.8 Å². The van der Waals surface area contributed by atoms with Crippen LogP contribution in [0.3, 0.4) is 0 Å². The maximum absolute atomic E-state index is 13.5. The SMILES string of the molecule is Cc1ccccc1N(C)C(=O)c1ccccc1NC(=O)c1c(C)cccc1-c1ccccc1. The van der Waals surface area contributed by atoms with Crippen LogP contribution in [0.5, 0.6) is 0 Å². The summed E-state index contributed by atoms with van der Waals surface area (Å²) in [5.74, 6) is -0.431. The van der Waals surface area contributed by atoms with Gasteiger partial charge in [0.1, 0.15) is 0 Å². The number of amides is 2. The average Bonchev–Trinajstić information content (AvgIpc) is 2.84. The molecule has 164 valence electrons. The van der Waals surface area contributed by atoms with Crippen molar-refractivity contribution in [2.75, 3.05) is 17.3 Å². The lowest BCUT2D eigenvalue weighted by molar-refractivity contribution is 0.0993. The third-order valence-electron chi connectivity index (χ3n) is 5.77. The van der Waals surface area contributed by atoms with Crippen LogP contribution in [-0.2, 0) is 0 Å². The van der Waals surface area contributed by atoms with Gasteiger partial charge in [-0.05, 0) is 54.3 Å². The van der Waals surface area contributed by atoms with Crippen LogP contribution in [0.1, 0.15) is 31.8 Å². The van der Waals surface area contributed by atoms with Crippen LogP contribution in [0.15, 0.2) is 97.1 Å². The van der Waals surface area contributed by atoms with Gasteiger partial charge >= 0.3 is 0 Å². The third-order valence-corrected chi connectivity index (χ3v) is 5.77. The van der Waals surface area contributed by atoms with Crippen molar-refractivity contribution in [2.24, 2.45) is 0 Å². The van der Waals surface area contributed by atoms with E-state index in [2.05, 4.69) is 5.32 Å². The molecular weight excluding hydrogens is 408 g/mol. The first-order valence-electron chi connectivity index (χ1n) is 10.9. The van der Waals surface area contributed by atoms with E-state index in [9.17, 15) is 9.59 Å². The predicted molar refractivity (Wildman–Crippen MR) is 135 cm³/mol. The quantitative estimate of drug-likeness (QED) is 0.390. The summed E-state index contributed by atoms with van der Waals surface area (Å²) >= 11 is 0. The number of para-hydroxylation sites is 2. The average molecular weight is 435 g/mol. The molecule has 0 bridgehead atoms. The Bertz CT molecular complexity index is 1310. The van der Waals surface area contributed by atoms with E-state index in [1.54, 1.807) is 30.1 Å². The Morgan fingerprint density at radius 1 is 0.697 bits per heavy atom. The molecule has 2 amide bonds. The van der Waals surface area contributed by atoms with Crippen molar-refractivity contribution in [3.8, 4) is 11.1 Å². The van der Waals surface area contributed by atoms with Crippen molar-refractivity contribution in [1.29, 1.82) is 0 Å². The predicted octanol–water partition coefficient (Wildman–Crippen LogP) is 6.50. The minimum atomic E-state index is -0.245. The highest BCUT2D eigenvalue weighted by Crippen LogP contribution is 2.28. The molecule has 0 heterocycles. The van der Waals surface area contributed by atoms with Gasteiger partial charge in [-0.2, -0.15) is 0 Å². The first kappa shape index (κ1) is 22.0. The van der Waals surface area contributed by atoms with E-state index in [0.29, 0.717) is 16.8 Å². The van der Waals surface area contributed by atoms with E-state index in [1.807, 2.05) is 92.7 Å². The Morgan fingerprint density at radius 2 is 1.33 bits per heavy atom. The van der Waals surface area contributed by atoms with Gasteiger partial charge in [0.25, 0.3) is 11.8 Å². The Morgan fingerprint density at radius 3 is 2.09 bits per heavy atom. The van der Waals surface area contributed by atoms with Crippen LogP contribution < -0.4 is 10.2 Å². The topological polar surface area (TPSA) is 49.4 Å². The molecule has 0 aliphatic carbocycles. The lowest BCUT2D eigenvalue weighted by atomic mass is 9.95. The molecule has 0 aromatic heterocycles. The first-order valence-corrected chi connectivity index (χ1v) is 10.9. The van der Waals surface area contributed by atoms with Gasteiger partial charge in [0.05, 0.1) is 16.8 Å². The zero-order valence-electron chi connectivity index (χ0n) is 19.0. The van der Waals surface area contributed by atoms with Gasteiger partial charge in [-0.3, -0.25) is 9.59 Å². The van der Waals surface area contributed by atoms with E-state index >= 15 is 0 Å². The normalized spacial score (nSPS) is 10.5. The zero-order chi connectivity index (χ0) is 23.4. The van der Waals surface area contributed by atoms with E-state index in [1.165, 1.54) is 0 Å². The first-order chi connectivity index (χ1) is 16.0. The fraction of sp³-hybridized carbons (Fsp3) is 0.103. The molecule has 0 atom stereocenters. The Hall–Kier alpha value is -4.18. The van der Waals surface area contributed by atoms with Crippen molar-refractivity contribution in [1.82, 2.24) is 0 Å². The summed E-state index contributed by atoms with van der Waals surface area (Å²) in [4.78, 5) is 28.4. The number of benzene rings is 4. The molecule has 33 heavy (non-hydrogen) atoms. The van der Waals surface area contributed by atoms with Crippen molar-refractivity contribution < 1.29 is 9.59 Å². The number of aryl methyl sites for hydroxylation is 2. The molecule has 0 unspecified atom stereocenters. The molecule has 0 saturated heterocycles. The lowest BCUT2D eigenvalue weighted by Crippen LogP contribution is -2.28. The van der Waals surface area contributed by atoms with Gasteiger partial charge in [-0.1, -0.05) is 78.9 Å². The highest BCUT2D eigenvalue weighted by molar-refractivity contribution is 6.15. The number of anilines is 2. The second kappa shape index (κ2) is 9.53. The molecular formula is C29H26N2O2. The summed E-state index contributed by atoms with van der Waals surface area (Å²) in [5.41, 5.74) is 6.04. The lowest BCUT2D eigenvalue weighted by Gasteiger charge is -2.21. The molecule has 4 rings (SSSR count). The Kier molecular flexibility index (Phi) is 6.36. The van der Waals surface area contributed by atoms with Crippen LogP contribution in [0.4, 0.5) is 11.4 Å². The highest BCUT2D eigenvalue weighted by Gasteiger charge is 2.21. The van der Waals surface area contributed by atoms with Gasteiger partial charge in [0.15, 0.2) is 0 Å². The van der Waals surface area contributed by atoms with Crippen LogP contribution in [0.2, 0.25) is 0 Å². The second-order valence-corrected chi connectivity index (χ2v) is 8.01. The standard InChI is InChI=1S/C29H26N2O2/c1-20-12-7-10-19-26(20)31(3)29(33)24-16-8-9-18-25(24)30-28(32)27-21(2)13-11-17-23(27)22-14-5-4-6-15-22/h4-19H,1-3H3,(H,30,32). The molecule has 0 fully saturated rings. The maximum atomic E-state index is 13.5. The molecule has 4 aromatic rings. The summed E-state index contributed by atoms with van der Waals surface area (Å²) in [5, 5.41) is 2.99. The number of hydrogen-bond donors (Lipinski definition) is 1. The third kappa shape index (κ3) is 4.55. The largest absolute Gasteiger partial charge is 0.321 e. The molecule has 4 aromatic carbocycles. The van der Waals surface area contributed by atoms with Gasteiger partial charge in [0.2, 0.25) is 0 Å². The maximum Gasteiger partial charge on any atom is 0.260 e. The number of nitrogens with zero attached hydrogens (tertiary/aromatic N) is 1. The smallest absolute Gasteiger partial charge is 0.260 e. The number of carbonyl (C=O) groups is 2. The molecule has 0 saturated carbocycles. The Balaban J connectivity index is 1.68. The van der Waals surface area contributed by atoms with Gasteiger partial charge in [-0.25, -0.2) is 0 Å². The van der Waals surface area contributed by atoms with E-state index in [4.69, 9.17) is 0 Å². The summed E-state index contributed by atoms with van der Waals surface area (Å²) in [6, 6.07) is 30.5. The number of rotatable bonds is 5. The minimum absolute atomic E-state index is 0.187. The monoisotopic (exact) mass is 434 g/mol. The summed E-state index contributed by atoms with van der Waals surface area (Å²) in [6.45, 7) is 3.89. The summed E-state index contributed by atoms with van der Waals surface area (Å²) in [6.07, 6.45) is 0. The van der Waals surface area contributed by atoms with Crippen LogP contribution >= 0.6 is 0 Å². The van der Waals surface area contributed by atoms with Crippen molar-refractivity contribution in [3.05, 3.63) is 119 Å². The fourth-order valence-electron chi connectivity index (χ4n) is 4.02. The van der Waals surface area contributed by atoms with Crippen LogP contribution in [-0.4, -0.2) is 18.9 Å². The molecule has 0 aliphatic rings. The number of nitrogens with one attached hydrogen (secondary N) is 1. The molecule has 4 nitrogen and oxygen atoms in total. The second-order valence-electron chi connectivity index (χ2n) is 8.01. The Labute approximate surface area is 194 Å². The van der Waals surface area contributed by atoms with Crippen molar-refractivity contribution >= 4 is 23.2 Å². The zero-order valence-corrected chi connectivity index (χ0v) is 19.0. The molecule has 0 radical (unpaired) electrons. The minimum Gasteiger partial charge on any atom is -0.321 e. The molecule has 1 N–H and O–H groups in total. The van der Waals surface area contributed by atoms with Crippen molar-refractivity contribution in [3.63, 3.8) is 0 Å².